The second-order valence-electron chi connectivity index (χ2n) is 9.53. The predicted molar refractivity (Wildman–Crippen MR) is 145 cm³/mol. The Kier molecular flexibility index (Phi) is 8.70. The van der Waals surface area contributed by atoms with Gasteiger partial charge in [0.15, 0.2) is 0 Å². The molecule has 2 aromatic carbocycles. The van der Waals surface area contributed by atoms with E-state index >= 15 is 4.57 Å². The van der Waals surface area contributed by atoms with E-state index in [9.17, 15) is 9.59 Å². The van der Waals surface area contributed by atoms with Crippen molar-refractivity contribution >= 4 is 18.2 Å². The second-order valence-corrected chi connectivity index (χ2v) is 12.0. The van der Waals surface area contributed by atoms with Gasteiger partial charge in [-0.15, -0.1) is 0 Å². The molecular weight excluding hydrogens is 491 g/mol. The summed E-state index contributed by atoms with van der Waals surface area (Å²) in [6.45, 7) is 6.14. The molecule has 2 aromatic rings. The fourth-order valence-electron chi connectivity index (χ4n) is 4.72. The standard InChI is InChI=1S/C29H35O7P/c1-8-11-19-18-29(2,3)17-16-24(19)37(32,27(30)25-20(33-4)12-9-13-21(25)34-5)28(31)26-22(35-6)14-10-15-23(26)36-7/h9-10,12-17H,8,11,18H2,1-7H3. The maximum Gasteiger partial charge on any atom is 0.249 e. The predicted octanol–water partition coefficient (Wildman–Crippen LogP) is 7.11. The van der Waals surface area contributed by atoms with Crippen LogP contribution in [0.2, 0.25) is 0 Å². The Labute approximate surface area is 218 Å². The highest BCUT2D eigenvalue weighted by Crippen LogP contribution is 2.65. The topological polar surface area (TPSA) is 88.1 Å². The Morgan fingerprint density at radius 2 is 1.22 bits per heavy atom. The first-order valence-electron chi connectivity index (χ1n) is 12.1. The molecule has 0 spiro atoms. The molecule has 8 heteroatoms. The van der Waals surface area contributed by atoms with E-state index in [1.54, 1.807) is 42.5 Å². The molecule has 0 heterocycles. The average Bonchev–Trinajstić information content (AvgIpc) is 2.90. The molecule has 37 heavy (non-hydrogen) atoms. The van der Waals surface area contributed by atoms with Crippen LogP contribution in [0.3, 0.4) is 0 Å². The van der Waals surface area contributed by atoms with E-state index in [2.05, 4.69) is 13.8 Å². The number of methoxy groups -OCH3 is 4. The van der Waals surface area contributed by atoms with Crippen LogP contribution < -0.4 is 18.9 Å². The fraction of sp³-hybridized carbons (Fsp3) is 0.379. The van der Waals surface area contributed by atoms with Crippen molar-refractivity contribution in [3.8, 4) is 23.0 Å². The van der Waals surface area contributed by atoms with Gasteiger partial charge in [-0.05, 0) is 42.5 Å². The van der Waals surface area contributed by atoms with Crippen LogP contribution in [0.5, 0.6) is 23.0 Å². The zero-order chi connectivity index (χ0) is 27.4. The van der Waals surface area contributed by atoms with Gasteiger partial charge in [-0.1, -0.05) is 57.0 Å². The lowest BCUT2D eigenvalue weighted by Gasteiger charge is -2.31. The molecule has 198 valence electrons. The van der Waals surface area contributed by atoms with Crippen LogP contribution in [0.4, 0.5) is 0 Å². The Hall–Kier alpha value is -3.31. The third-order valence-corrected chi connectivity index (χ3v) is 9.21. The monoisotopic (exact) mass is 526 g/mol. The zero-order valence-corrected chi connectivity index (χ0v) is 23.4. The summed E-state index contributed by atoms with van der Waals surface area (Å²) >= 11 is 0. The summed E-state index contributed by atoms with van der Waals surface area (Å²) in [6, 6.07) is 9.64. The van der Waals surface area contributed by atoms with Gasteiger partial charge in [0.25, 0.3) is 0 Å². The number of carbonyl (C=O) groups is 2. The molecule has 0 amide bonds. The molecule has 3 rings (SSSR count). The van der Waals surface area contributed by atoms with Crippen molar-refractivity contribution in [2.24, 2.45) is 5.41 Å². The van der Waals surface area contributed by atoms with Crippen LogP contribution in [0, 0.1) is 5.41 Å². The molecule has 0 unspecified atom stereocenters. The third kappa shape index (κ3) is 5.24. The van der Waals surface area contributed by atoms with Gasteiger partial charge in [0.05, 0.1) is 28.4 Å². The van der Waals surface area contributed by atoms with Crippen LogP contribution >= 0.6 is 7.14 Å². The van der Waals surface area contributed by atoms with Gasteiger partial charge in [-0.3, -0.25) is 9.59 Å². The van der Waals surface area contributed by atoms with E-state index in [0.717, 1.165) is 12.0 Å². The number of hydrogen-bond donors (Lipinski definition) is 0. The van der Waals surface area contributed by atoms with Crippen molar-refractivity contribution in [2.45, 2.75) is 40.0 Å². The normalized spacial score (nSPS) is 14.8. The quantitative estimate of drug-likeness (QED) is 0.288. The van der Waals surface area contributed by atoms with Gasteiger partial charge in [0.1, 0.15) is 34.1 Å². The number of ether oxygens (including phenoxy) is 4. The lowest BCUT2D eigenvalue weighted by atomic mass is 9.81. The summed E-state index contributed by atoms with van der Waals surface area (Å²) < 4.78 is 37.1. The van der Waals surface area contributed by atoms with Crippen LogP contribution in [-0.2, 0) is 4.57 Å². The molecule has 0 saturated heterocycles. The minimum Gasteiger partial charge on any atom is -0.496 e. The Morgan fingerprint density at radius 1 is 0.811 bits per heavy atom. The van der Waals surface area contributed by atoms with Crippen LogP contribution in [0.1, 0.15) is 60.7 Å². The molecular formula is C29H35O7P. The molecule has 7 nitrogen and oxygen atoms in total. The summed E-state index contributed by atoms with van der Waals surface area (Å²) in [5, 5.41) is 0.254. The summed E-state index contributed by atoms with van der Waals surface area (Å²) in [4.78, 5) is 28.9. The van der Waals surface area contributed by atoms with Crippen LogP contribution in [-0.4, -0.2) is 39.5 Å². The van der Waals surface area contributed by atoms with Gasteiger partial charge >= 0.3 is 0 Å². The second kappa shape index (κ2) is 11.4. The first-order chi connectivity index (χ1) is 17.6. The summed E-state index contributed by atoms with van der Waals surface area (Å²) in [7, 11) is 1.11. The molecule has 0 N–H and O–H groups in total. The van der Waals surface area contributed by atoms with Crippen molar-refractivity contribution in [3.05, 3.63) is 70.6 Å². The highest BCUT2D eigenvalue weighted by Gasteiger charge is 2.49. The lowest BCUT2D eigenvalue weighted by Crippen LogP contribution is -2.20. The molecule has 0 radical (unpaired) electrons. The van der Waals surface area contributed by atoms with E-state index < -0.39 is 18.2 Å². The van der Waals surface area contributed by atoms with E-state index in [4.69, 9.17) is 18.9 Å². The highest BCUT2D eigenvalue weighted by atomic mass is 31.2. The van der Waals surface area contributed by atoms with Gasteiger partial charge in [0.2, 0.25) is 18.2 Å². The Morgan fingerprint density at radius 3 is 1.57 bits per heavy atom. The Balaban J connectivity index is 2.43. The Bertz CT molecular complexity index is 1190. The average molecular weight is 527 g/mol. The van der Waals surface area contributed by atoms with E-state index in [0.29, 0.717) is 12.8 Å². The first kappa shape index (κ1) is 28.3. The maximum atomic E-state index is 15.3. The van der Waals surface area contributed by atoms with Crippen molar-refractivity contribution in [1.82, 2.24) is 0 Å². The summed E-state index contributed by atoms with van der Waals surface area (Å²) in [5.41, 5.74) is -1.18. The molecule has 0 fully saturated rings. The smallest absolute Gasteiger partial charge is 0.249 e. The van der Waals surface area contributed by atoms with Crippen LogP contribution in [0.25, 0.3) is 0 Å². The third-order valence-electron chi connectivity index (χ3n) is 6.47. The van der Waals surface area contributed by atoms with Gasteiger partial charge in [-0.25, -0.2) is 0 Å². The summed E-state index contributed by atoms with van der Waals surface area (Å²) in [5.74, 6) is 0.675. The number of hydrogen-bond acceptors (Lipinski definition) is 7. The molecule has 0 aromatic heterocycles. The maximum absolute atomic E-state index is 15.3. The number of allylic oxidation sites excluding steroid dienone is 4. The van der Waals surface area contributed by atoms with Gasteiger partial charge in [-0.2, -0.15) is 0 Å². The molecule has 0 saturated carbocycles. The van der Waals surface area contributed by atoms with Crippen molar-refractivity contribution in [3.63, 3.8) is 0 Å². The highest BCUT2D eigenvalue weighted by molar-refractivity contribution is 7.98. The largest absolute Gasteiger partial charge is 0.496 e. The molecule has 1 aliphatic carbocycles. The molecule has 0 aliphatic heterocycles. The molecule has 0 atom stereocenters. The number of benzene rings is 2. The van der Waals surface area contributed by atoms with Crippen molar-refractivity contribution in [2.75, 3.05) is 28.4 Å². The van der Waals surface area contributed by atoms with Gasteiger partial charge in [0, 0.05) is 5.31 Å². The van der Waals surface area contributed by atoms with E-state index in [1.165, 1.54) is 28.4 Å². The van der Waals surface area contributed by atoms with E-state index in [1.807, 2.05) is 13.0 Å². The number of carbonyl (C=O) groups excluding carboxylic acids is 2. The van der Waals surface area contributed by atoms with Crippen LogP contribution in [0.15, 0.2) is 59.4 Å². The molecule has 1 aliphatic rings. The van der Waals surface area contributed by atoms with Crippen molar-refractivity contribution in [1.29, 1.82) is 0 Å². The SMILES string of the molecule is CCCC1=C(P(=O)(C(=O)c2c(OC)cccc2OC)C(=O)c2c(OC)cccc2OC)C=CC(C)(C)C1. The first-order valence-corrected chi connectivity index (χ1v) is 13.8. The van der Waals surface area contributed by atoms with Gasteiger partial charge < -0.3 is 23.5 Å². The van der Waals surface area contributed by atoms with E-state index in [-0.39, 0.29) is 44.9 Å². The molecule has 0 bridgehead atoms. The van der Waals surface area contributed by atoms with Crippen molar-refractivity contribution < 1.29 is 33.1 Å². The number of rotatable bonds is 11. The summed E-state index contributed by atoms with van der Waals surface area (Å²) in [6.07, 6.45) is 5.53. The lowest BCUT2D eigenvalue weighted by molar-refractivity contribution is 0.103. The minimum absolute atomic E-state index is 0.0420. The minimum atomic E-state index is -4.53. The fourth-order valence-corrected chi connectivity index (χ4v) is 7.33. The zero-order valence-electron chi connectivity index (χ0n) is 22.5.